The van der Waals surface area contributed by atoms with Gasteiger partial charge in [0.1, 0.15) is 12.7 Å². The number of nitrogens with one attached hydrogen (secondary N) is 1. The zero-order valence-corrected chi connectivity index (χ0v) is 10.3. The van der Waals surface area contributed by atoms with Gasteiger partial charge < -0.3 is 0 Å². The molecule has 0 amide bonds. The minimum Gasteiger partial charge on any atom is -0.221 e. The molecule has 0 spiro atoms. The normalized spacial score (nSPS) is 11.4. The van der Waals surface area contributed by atoms with Gasteiger partial charge in [-0.1, -0.05) is 12.1 Å². The maximum atomic E-state index is 12.1. The molecule has 0 aliphatic carbocycles. The minimum atomic E-state index is -3.60. The highest BCUT2D eigenvalue weighted by Gasteiger charge is 2.16. The van der Waals surface area contributed by atoms with Crippen LogP contribution in [-0.2, 0) is 10.0 Å². The van der Waals surface area contributed by atoms with Gasteiger partial charge in [0.2, 0.25) is 0 Å². The number of rotatable bonds is 3. The van der Waals surface area contributed by atoms with Crippen molar-refractivity contribution in [2.24, 2.45) is 0 Å². The first kappa shape index (κ1) is 11.6. The summed E-state index contributed by atoms with van der Waals surface area (Å²) in [5.41, 5.74) is 1.58. The van der Waals surface area contributed by atoms with Gasteiger partial charge in [0.25, 0.3) is 10.0 Å². The first-order valence-electron chi connectivity index (χ1n) is 4.94. The average Bonchev–Trinajstić information content (AvgIpc) is 2.73. The van der Waals surface area contributed by atoms with E-state index in [-0.39, 0.29) is 4.90 Å². The number of hydrogen-bond acceptors (Lipinski definition) is 4. The summed E-state index contributed by atoms with van der Waals surface area (Å²) in [5.74, 6) is 0. The summed E-state index contributed by atoms with van der Waals surface area (Å²) >= 11 is 0. The quantitative estimate of drug-likeness (QED) is 0.877. The maximum absolute atomic E-state index is 12.1. The van der Waals surface area contributed by atoms with Crippen molar-refractivity contribution in [1.29, 1.82) is 0 Å². The standard InChI is InChI=1S/C10H12N4O2S/c1-8-3-4-9(2)10(5-8)17(15,16)13-14-6-11-12-7-14/h3-7,13H,1-2H3. The van der Waals surface area contributed by atoms with E-state index in [9.17, 15) is 8.42 Å². The van der Waals surface area contributed by atoms with Gasteiger partial charge in [0.15, 0.2) is 0 Å². The highest BCUT2D eigenvalue weighted by atomic mass is 32.2. The largest absolute Gasteiger partial charge is 0.275 e. The lowest BCUT2D eigenvalue weighted by Gasteiger charge is -2.10. The Bertz CT molecular complexity index is 620. The fraction of sp³-hybridized carbons (Fsp3) is 0.200. The molecule has 0 atom stereocenters. The molecule has 1 heterocycles. The molecular weight excluding hydrogens is 240 g/mol. The van der Waals surface area contributed by atoms with Crippen LogP contribution in [0.1, 0.15) is 11.1 Å². The molecule has 1 aromatic heterocycles. The summed E-state index contributed by atoms with van der Waals surface area (Å²) in [5, 5.41) is 7.05. The van der Waals surface area contributed by atoms with Crippen molar-refractivity contribution in [2.45, 2.75) is 18.7 Å². The number of sulfonamides is 1. The van der Waals surface area contributed by atoms with E-state index in [4.69, 9.17) is 0 Å². The second-order valence-corrected chi connectivity index (χ2v) is 5.36. The molecule has 90 valence electrons. The van der Waals surface area contributed by atoms with Crippen LogP contribution in [-0.4, -0.2) is 23.3 Å². The lowest BCUT2D eigenvalue weighted by Crippen LogP contribution is -2.22. The van der Waals surface area contributed by atoms with E-state index in [1.807, 2.05) is 13.0 Å². The van der Waals surface area contributed by atoms with Crippen molar-refractivity contribution in [3.05, 3.63) is 42.0 Å². The van der Waals surface area contributed by atoms with Crippen LogP contribution in [0.25, 0.3) is 0 Å². The van der Waals surface area contributed by atoms with E-state index in [0.29, 0.717) is 5.56 Å². The van der Waals surface area contributed by atoms with Gasteiger partial charge in [-0.15, -0.1) is 10.2 Å². The van der Waals surface area contributed by atoms with E-state index in [0.717, 1.165) is 5.56 Å². The number of hydrogen-bond donors (Lipinski definition) is 1. The van der Waals surface area contributed by atoms with Crippen LogP contribution in [0.3, 0.4) is 0 Å². The third-order valence-corrected chi connectivity index (χ3v) is 3.75. The van der Waals surface area contributed by atoms with Crippen molar-refractivity contribution in [2.75, 3.05) is 4.83 Å². The zero-order valence-electron chi connectivity index (χ0n) is 9.45. The van der Waals surface area contributed by atoms with Crippen molar-refractivity contribution >= 4 is 10.0 Å². The second kappa shape index (κ2) is 4.17. The van der Waals surface area contributed by atoms with Crippen molar-refractivity contribution in [1.82, 2.24) is 14.9 Å². The van der Waals surface area contributed by atoms with E-state index in [1.165, 1.54) is 17.3 Å². The number of nitrogens with zero attached hydrogens (tertiary/aromatic N) is 3. The Kier molecular flexibility index (Phi) is 2.84. The fourth-order valence-corrected chi connectivity index (χ4v) is 2.74. The molecule has 0 saturated carbocycles. The Labute approximate surface area is 99.3 Å². The average molecular weight is 252 g/mol. The van der Waals surface area contributed by atoms with Gasteiger partial charge in [-0.05, 0) is 31.0 Å². The van der Waals surface area contributed by atoms with E-state index in [1.54, 1.807) is 19.1 Å². The molecule has 0 radical (unpaired) electrons. The highest BCUT2D eigenvalue weighted by Crippen LogP contribution is 2.16. The Hall–Kier alpha value is -1.89. The molecule has 0 fully saturated rings. The highest BCUT2D eigenvalue weighted by molar-refractivity contribution is 7.92. The monoisotopic (exact) mass is 252 g/mol. The van der Waals surface area contributed by atoms with Crippen LogP contribution in [0, 0.1) is 13.8 Å². The molecular formula is C10H12N4O2S. The molecule has 1 aromatic carbocycles. The molecule has 7 heteroatoms. The Morgan fingerprint density at radius 3 is 2.47 bits per heavy atom. The van der Waals surface area contributed by atoms with Crippen LogP contribution in [0.5, 0.6) is 0 Å². The van der Waals surface area contributed by atoms with Crippen molar-refractivity contribution in [3.63, 3.8) is 0 Å². The van der Waals surface area contributed by atoms with Crippen LogP contribution in [0.15, 0.2) is 35.7 Å². The topological polar surface area (TPSA) is 76.9 Å². The summed E-state index contributed by atoms with van der Waals surface area (Å²) < 4.78 is 25.4. The smallest absolute Gasteiger partial charge is 0.221 e. The first-order chi connectivity index (χ1) is 7.99. The Balaban J connectivity index is 2.41. The van der Waals surface area contributed by atoms with Crippen molar-refractivity contribution < 1.29 is 8.42 Å². The maximum Gasteiger partial charge on any atom is 0.275 e. The number of aromatic nitrogens is 3. The lowest BCUT2D eigenvalue weighted by molar-refractivity contribution is 0.594. The van der Waals surface area contributed by atoms with Gasteiger partial charge in [-0.2, -0.15) is 8.42 Å². The van der Waals surface area contributed by atoms with Gasteiger partial charge in [-0.25, -0.2) is 9.51 Å². The number of benzene rings is 1. The summed E-state index contributed by atoms with van der Waals surface area (Å²) in [7, 11) is -3.60. The minimum absolute atomic E-state index is 0.256. The van der Waals surface area contributed by atoms with Crippen LogP contribution < -0.4 is 4.83 Å². The molecule has 2 rings (SSSR count). The Morgan fingerprint density at radius 1 is 1.18 bits per heavy atom. The molecule has 1 N–H and O–H groups in total. The molecule has 0 aliphatic rings. The lowest BCUT2D eigenvalue weighted by atomic mass is 10.2. The zero-order chi connectivity index (χ0) is 12.5. The van der Waals surface area contributed by atoms with Gasteiger partial charge in [-0.3, -0.25) is 0 Å². The summed E-state index contributed by atoms with van der Waals surface area (Å²) in [6.45, 7) is 3.59. The predicted octanol–water partition coefficient (Wildman–Crippen LogP) is 0.827. The molecule has 17 heavy (non-hydrogen) atoms. The molecule has 0 bridgehead atoms. The molecule has 0 saturated heterocycles. The Morgan fingerprint density at radius 2 is 1.82 bits per heavy atom. The first-order valence-corrected chi connectivity index (χ1v) is 6.42. The van der Waals surface area contributed by atoms with Gasteiger partial charge in [0, 0.05) is 0 Å². The second-order valence-electron chi connectivity index (χ2n) is 3.73. The third-order valence-electron chi connectivity index (χ3n) is 2.28. The number of aryl methyl sites for hydroxylation is 2. The van der Waals surface area contributed by atoms with Crippen LogP contribution in [0.2, 0.25) is 0 Å². The van der Waals surface area contributed by atoms with Crippen molar-refractivity contribution in [3.8, 4) is 0 Å². The SMILES string of the molecule is Cc1ccc(C)c(S(=O)(=O)Nn2cnnc2)c1. The van der Waals surface area contributed by atoms with E-state index in [2.05, 4.69) is 15.0 Å². The van der Waals surface area contributed by atoms with Crippen LogP contribution >= 0.6 is 0 Å². The summed E-state index contributed by atoms with van der Waals surface area (Å²) in [6.07, 6.45) is 2.56. The third kappa shape index (κ3) is 2.44. The summed E-state index contributed by atoms with van der Waals surface area (Å²) in [4.78, 5) is 2.60. The molecule has 6 nitrogen and oxygen atoms in total. The van der Waals surface area contributed by atoms with Gasteiger partial charge in [0.05, 0.1) is 4.90 Å². The van der Waals surface area contributed by atoms with E-state index < -0.39 is 10.0 Å². The van der Waals surface area contributed by atoms with E-state index >= 15 is 0 Å². The molecule has 0 unspecified atom stereocenters. The van der Waals surface area contributed by atoms with Gasteiger partial charge >= 0.3 is 0 Å². The fourth-order valence-electron chi connectivity index (χ4n) is 1.43. The molecule has 0 aliphatic heterocycles. The molecule has 2 aromatic rings. The summed E-state index contributed by atoms with van der Waals surface area (Å²) in [6, 6.07) is 5.27. The predicted molar refractivity (Wildman–Crippen MR) is 62.5 cm³/mol. The van der Waals surface area contributed by atoms with Crippen LogP contribution in [0.4, 0.5) is 0 Å².